The Labute approximate surface area is 317 Å². The van der Waals surface area contributed by atoms with Crippen LogP contribution in [0.4, 0.5) is 0 Å². The first-order chi connectivity index (χ1) is 25.4. The summed E-state index contributed by atoms with van der Waals surface area (Å²) in [6, 6.07) is 20.3. The minimum absolute atomic E-state index is 0.198. The summed E-state index contributed by atoms with van der Waals surface area (Å²) in [7, 11) is 0. The molecule has 2 heterocycles. The van der Waals surface area contributed by atoms with Crippen LogP contribution in [-0.4, -0.2) is 123 Å². The Kier molecular flexibility index (Phi) is 19.6. The Bertz CT molecular complexity index is 1470. The zero-order chi connectivity index (χ0) is 41.6. The van der Waals surface area contributed by atoms with Crippen molar-refractivity contribution in [3.05, 3.63) is 72.8 Å². The lowest BCUT2D eigenvalue weighted by atomic mass is 9.87. The van der Waals surface area contributed by atoms with Crippen LogP contribution >= 0.6 is 0 Å². The van der Waals surface area contributed by atoms with E-state index in [1.165, 1.54) is 0 Å². The van der Waals surface area contributed by atoms with Crippen LogP contribution in [0.5, 0.6) is 23.0 Å². The smallest absolute Gasteiger partial charge is 0.123 e. The van der Waals surface area contributed by atoms with Crippen molar-refractivity contribution in [2.45, 2.75) is 129 Å². The van der Waals surface area contributed by atoms with Crippen molar-refractivity contribution in [1.29, 1.82) is 0 Å². The predicted octanol–water partition coefficient (Wildman–Crippen LogP) is 4.45. The Morgan fingerprint density at radius 2 is 0.722 bits per heavy atom. The first-order valence-electron chi connectivity index (χ1n) is 18.2. The van der Waals surface area contributed by atoms with Gasteiger partial charge in [-0.25, -0.2) is 0 Å². The maximum atomic E-state index is 9.55. The molecule has 4 aromatic rings. The number of hydrogen-bond acceptors (Lipinski definition) is 13. The molecule has 0 saturated carbocycles. The molecular weight excluding hydrogens is 700 g/mol. The van der Waals surface area contributed by atoms with Crippen molar-refractivity contribution in [3.8, 4) is 23.0 Å². The van der Waals surface area contributed by atoms with Gasteiger partial charge >= 0.3 is 0 Å². The van der Waals surface area contributed by atoms with Gasteiger partial charge in [-0.05, 0) is 58.4 Å². The maximum absolute atomic E-state index is 9.55. The molecule has 304 valence electrons. The third-order valence-electron chi connectivity index (χ3n) is 8.78. The summed E-state index contributed by atoms with van der Waals surface area (Å²) in [6.07, 6.45) is -7.43. The van der Waals surface area contributed by atoms with E-state index in [0.717, 1.165) is 0 Å². The first kappa shape index (κ1) is 48.3. The van der Waals surface area contributed by atoms with Crippen LogP contribution in [0.1, 0.15) is 68.7 Å². The van der Waals surface area contributed by atoms with Crippen LogP contribution in [0.3, 0.4) is 0 Å². The SMILES string of the molecule is CC.CC.CC1(C)O[C@H](CO)[C@@H](O)[C@H](O)[C@H]1O.CC[C@H]1OC(C)(C)[C@H](O)[C@@H](O)[C@@H]1O.Oc1cccc2c(O)cccc12.Oc1cccc2c(O)cccc12. The molecule has 0 spiro atoms. The molecule has 2 fully saturated rings. The molecular formula is C41H62O13. The zero-order valence-electron chi connectivity index (χ0n) is 32.7. The van der Waals surface area contributed by atoms with E-state index in [1.54, 1.807) is 100 Å². The second-order valence-electron chi connectivity index (χ2n) is 13.3. The molecule has 0 aromatic heterocycles. The fourth-order valence-electron chi connectivity index (χ4n) is 5.72. The highest BCUT2D eigenvalue weighted by atomic mass is 16.6. The summed E-state index contributed by atoms with van der Waals surface area (Å²) in [6.45, 7) is 16.1. The van der Waals surface area contributed by atoms with Crippen molar-refractivity contribution in [2.75, 3.05) is 6.61 Å². The molecule has 8 atom stereocenters. The largest absolute Gasteiger partial charge is 0.507 e. The van der Waals surface area contributed by atoms with E-state index >= 15 is 0 Å². The minimum atomic E-state index is -1.28. The fourth-order valence-corrected chi connectivity index (χ4v) is 5.72. The summed E-state index contributed by atoms with van der Waals surface area (Å²) in [5, 5.41) is 106. The average molecular weight is 763 g/mol. The normalized spacial score (nSPS) is 26.4. The summed E-state index contributed by atoms with van der Waals surface area (Å²) >= 11 is 0. The molecule has 0 unspecified atom stereocenters. The third-order valence-corrected chi connectivity index (χ3v) is 8.78. The number of aromatic hydroxyl groups is 4. The quantitative estimate of drug-likeness (QED) is 0.136. The highest BCUT2D eigenvalue weighted by Crippen LogP contribution is 2.33. The summed E-state index contributed by atoms with van der Waals surface area (Å²) < 4.78 is 10.7. The molecule has 4 aromatic carbocycles. The predicted molar refractivity (Wildman–Crippen MR) is 209 cm³/mol. The Morgan fingerprint density at radius 3 is 0.981 bits per heavy atom. The molecule has 11 N–H and O–H groups in total. The van der Waals surface area contributed by atoms with Gasteiger partial charge in [-0.15, -0.1) is 0 Å². The second kappa shape index (κ2) is 22.0. The van der Waals surface area contributed by atoms with Gasteiger partial charge in [0, 0.05) is 21.5 Å². The number of phenolic OH excluding ortho intramolecular Hbond substituents is 4. The van der Waals surface area contributed by atoms with E-state index < -0.39 is 60.0 Å². The number of rotatable bonds is 2. The van der Waals surface area contributed by atoms with E-state index in [-0.39, 0.29) is 29.6 Å². The van der Waals surface area contributed by atoms with E-state index in [1.807, 2.05) is 34.6 Å². The van der Waals surface area contributed by atoms with Crippen LogP contribution in [0.15, 0.2) is 72.8 Å². The van der Waals surface area contributed by atoms with Gasteiger partial charge in [0.05, 0.1) is 23.9 Å². The molecule has 0 bridgehead atoms. The van der Waals surface area contributed by atoms with Gasteiger partial charge in [0.2, 0.25) is 0 Å². The number of ether oxygens (including phenoxy) is 2. The van der Waals surface area contributed by atoms with Crippen LogP contribution in [-0.2, 0) is 9.47 Å². The van der Waals surface area contributed by atoms with E-state index in [0.29, 0.717) is 28.0 Å². The lowest BCUT2D eigenvalue weighted by Gasteiger charge is -2.45. The van der Waals surface area contributed by atoms with E-state index in [9.17, 15) is 51.1 Å². The van der Waals surface area contributed by atoms with Gasteiger partial charge < -0.3 is 65.6 Å². The summed E-state index contributed by atoms with van der Waals surface area (Å²) in [5.41, 5.74) is -1.74. The molecule has 0 amide bonds. The number of benzene rings is 4. The van der Waals surface area contributed by atoms with Crippen LogP contribution in [0.25, 0.3) is 21.5 Å². The van der Waals surface area contributed by atoms with Gasteiger partial charge in [-0.1, -0.05) is 83.1 Å². The summed E-state index contributed by atoms with van der Waals surface area (Å²) in [5.74, 6) is 0.790. The average Bonchev–Trinajstić information content (AvgIpc) is 3.16. The molecule has 13 heteroatoms. The molecule has 2 aliphatic rings. The molecule has 54 heavy (non-hydrogen) atoms. The Balaban J connectivity index is 0.000000349. The highest BCUT2D eigenvalue weighted by Gasteiger charge is 2.48. The number of aliphatic hydroxyl groups excluding tert-OH is 7. The van der Waals surface area contributed by atoms with E-state index in [2.05, 4.69) is 0 Å². The molecule has 2 aliphatic heterocycles. The maximum Gasteiger partial charge on any atom is 0.123 e. The Hall–Kier alpha value is -3.76. The van der Waals surface area contributed by atoms with Crippen LogP contribution in [0.2, 0.25) is 0 Å². The third kappa shape index (κ3) is 12.1. The van der Waals surface area contributed by atoms with Gasteiger partial charge in [0.15, 0.2) is 0 Å². The molecule has 2 saturated heterocycles. The lowest BCUT2D eigenvalue weighted by molar-refractivity contribution is -0.262. The first-order valence-corrected chi connectivity index (χ1v) is 18.2. The van der Waals surface area contributed by atoms with Crippen molar-refractivity contribution in [1.82, 2.24) is 0 Å². The van der Waals surface area contributed by atoms with Crippen molar-refractivity contribution in [3.63, 3.8) is 0 Å². The minimum Gasteiger partial charge on any atom is -0.507 e. The number of phenols is 4. The zero-order valence-corrected chi connectivity index (χ0v) is 32.7. The number of fused-ring (bicyclic) bond motifs is 2. The van der Waals surface area contributed by atoms with Gasteiger partial charge in [-0.2, -0.15) is 0 Å². The van der Waals surface area contributed by atoms with E-state index in [4.69, 9.17) is 14.6 Å². The Morgan fingerprint density at radius 1 is 0.463 bits per heavy atom. The fraction of sp³-hybridized carbons (Fsp3) is 0.512. The molecule has 6 rings (SSSR count). The standard InChI is InChI=1S/2C10H8O2.C9H18O4.C8H16O5.2C2H6/c2*11-9-5-1-3-7-8(9)4-2-6-10(7)12;1-4-5-6(10)7(11)8(12)9(2,3)13-5;1-8(2)7(12)6(11)5(10)4(3-9)13-8;2*1-2/h2*1-6,11-12H;5-8,10-12H,4H2,1-3H3;4-7,9-12H,3H2,1-2H3;2*1-2H3/t;;5-,6-,7+,8-;4-,5-,6+,7-;;/m..11../s1. The number of hydrogen-bond donors (Lipinski definition) is 11. The van der Waals surface area contributed by atoms with Crippen molar-refractivity contribution in [2.24, 2.45) is 0 Å². The van der Waals surface area contributed by atoms with Crippen molar-refractivity contribution < 1.29 is 65.6 Å². The second-order valence-corrected chi connectivity index (χ2v) is 13.3. The molecule has 0 aliphatic carbocycles. The van der Waals surface area contributed by atoms with Crippen molar-refractivity contribution >= 4 is 21.5 Å². The molecule has 0 radical (unpaired) electrons. The highest BCUT2D eigenvalue weighted by molar-refractivity contribution is 5.93. The number of aliphatic hydroxyl groups is 7. The van der Waals surface area contributed by atoms with Crippen LogP contribution < -0.4 is 0 Å². The topological polar surface area (TPSA) is 241 Å². The van der Waals surface area contributed by atoms with Gasteiger partial charge in [0.25, 0.3) is 0 Å². The van der Waals surface area contributed by atoms with Crippen LogP contribution in [0, 0.1) is 0 Å². The lowest BCUT2D eigenvalue weighted by Crippen LogP contribution is -2.62. The van der Waals surface area contributed by atoms with Gasteiger partial charge in [-0.3, -0.25) is 0 Å². The molecule has 13 nitrogen and oxygen atoms in total. The van der Waals surface area contributed by atoms with Gasteiger partial charge in [0.1, 0.15) is 65.7 Å². The summed E-state index contributed by atoms with van der Waals surface area (Å²) in [4.78, 5) is 0. The monoisotopic (exact) mass is 762 g/mol.